The number of benzene rings is 1. The highest BCUT2D eigenvalue weighted by Gasteiger charge is 2.29. The second-order valence-electron chi connectivity index (χ2n) is 8.04. The molecule has 1 aromatic carbocycles. The van der Waals surface area contributed by atoms with Crippen molar-refractivity contribution < 1.29 is 14.3 Å². The van der Waals surface area contributed by atoms with Crippen molar-refractivity contribution in [3.8, 4) is 11.5 Å². The standard InChI is InChI=1S/C22H29N5O3S/c1-13-11-24-21(31-13)19(23)10-22(3,4)27-14(2)18(12-25-27)20(28)26-15-7-16(29-5)9-17(8-15)30-6/h7-9,11-12,19H,10,23H2,1-6H3,(H,26,28). The minimum Gasteiger partial charge on any atom is -0.497 e. The van der Waals surface area contributed by atoms with Gasteiger partial charge in [-0.2, -0.15) is 5.10 Å². The van der Waals surface area contributed by atoms with Crippen LogP contribution in [-0.4, -0.2) is 34.9 Å². The molecule has 2 heterocycles. The number of carbonyl (C=O) groups is 1. The number of hydrogen-bond acceptors (Lipinski definition) is 7. The average Bonchev–Trinajstić information content (AvgIpc) is 3.33. The smallest absolute Gasteiger partial charge is 0.259 e. The van der Waals surface area contributed by atoms with E-state index in [-0.39, 0.29) is 11.9 Å². The number of carbonyl (C=O) groups excluding carboxylic acids is 1. The number of nitrogens with two attached hydrogens (primary N) is 1. The van der Waals surface area contributed by atoms with Crippen molar-refractivity contribution in [2.45, 2.75) is 45.7 Å². The van der Waals surface area contributed by atoms with Crippen LogP contribution in [0.1, 0.15) is 52.2 Å². The molecular formula is C22H29N5O3S. The Bertz CT molecular complexity index is 1050. The second kappa shape index (κ2) is 9.07. The van der Waals surface area contributed by atoms with Gasteiger partial charge >= 0.3 is 0 Å². The molecular weight excluding hydrogens is 414 g/mol. The van der Waals surface area contributed by atoms with Crippen LogP contribution in [0.2, 0.25) is 0 Å². The first kappa shape index (κ1) is 22.8. The maximum absolute atomic E-state index is 12.9. The number of methoxy groups -OCH3 is 2. The highest BCUT2D eigenvalue weighted by atomic mass is 32.1. The molecule has 3 aromatic rings. The Morgan fingerprint density at radius 3 is 2.39 bits per heavy atom. The molecule has 0 radical (unpaired) electrons. The third-order valence-electron chi connectivity index (χ3n) is 5.11. The average molecular weight is 444 g/mol. The van der Waals surface area contributed by atoms with E-state index in [4.69, 9.17) is 15.2 Å². The molecule has 3 rings (SSSR count). The second-order valence-corrected chi connectivity index (χ2v) is 9.31. The molecule has 0 fully saturated rings. The topological polar surface area (TPSA) is 104 Å². The largest absolute Gasteiger partial charge is 0.497 e. The van der Waals surface area contributed by atoms with Gasteiger partial charge in [-0.3, -0.25) is 9.48 Å². The molecule has 1 amide bonds. The Kier molecular flexibility index (Phi) is 6.66. The van der Waals surface area contributed by atoms with Crippen LogP contribution in [0.4, 0.5) is 5.69 Å². The molecule has 0 spiro atoms. The van der Waals surface area contributed by atoms with E-state index in [9.17, 15) is 4.79 Å². The minimum atomic E-state index is -0.402. The van der Waals surface area contributed by atoms with E-state index in [1.807, 2.05) is 24.7 Å². The van der Waals surface area contributed by atoms with Crippen LogP contribution >= 0.6 is 11.3 Å². The van der Waals surface area contributed by atoms with Gasteiger partial charge in [-0.05, 0) is 34.1 Å². The van der Waals surface area contributed by atoms with Crippen LogP contribution in [0.15, 0.2) is 30.6 Å². The van der Waals surface area contributed by atoms with E-state index >= 15 is 0 Å². The molecule has 1 unspecified atom stereocenters. The first-order valence-electron chi connectivity index (χ1n) is 9.92. The zero-order valence-corrected chi connectivity index (χ0v) is 19.5. The van der Waals surface area contributed by atoms with Gasteiger partial charge in [0.05, 0.1) is 37.6 Å². The fourth-order valence-corrected chi connectivity index (χ4v) is 4.35. The number of rotatable bonds is 8. The van der Waals surface area contributed by atoms with Gasteiger partial charge in [-0.1, -0.05) is 0 Å². The third kappa shape index (κ3) is 5.05. The predicted octanol–water partition coefficient (Wildman–Crippen LogP) is 4.05. The zero-order chi connectivity index (χ0) is 22.8. The number of thiazole rings is 1. The Balaban J connectivity index is 1.79. The van der Waals surface area contributed by atoms with Crippen molar-refractivity contribution in [1.82, 2.24) is 14.8 Å². The van der Waals surface area contributed by atoms with E-state index in [1.165, 1.54) is 0 Å². The molecule has 0 saturated heterocycles. The van der Waals surface area contributed by atoms with E-state index in [1.54, 1.807) is 50.0 Å². The van der Waals surface area contributed by atoms with Gasteiger partial charge in [0.25, 0.3) is 5.91 Å². The van der Waals surface area contributed by atoms with Gasteiger partial charge in [0.15, 0.2) is 0 Å². The Morgan fingerprint density at radius 1 is 1.19 bits per heavy atom. The number of amides is 1. The van der Waals surface area contributed by atoms with Crippen molar-refractivity contribution in [3.63, 3.8) is 0 Å². The minimum absolute atomic E-state index is 0.209. The zero-order valence-electron chi connectivity index (χ0n) is 18.7. The maximum Gasteiger partial charge on any atom is 0.259 e. The van der Waals surface area contributed by atoms with Crippen LogP contribution < -0.4 is 20.5 Å². The number of aromatic nitrogens is 3. The van der Waals surface area contributed by atoms with Crippen LogP contribution in [-0.2, 0) is 5.54 Å². The number of anilines is 1. The molecule has 166 valence electrons. The third-order valence-corrected chi connectivity index (χ3v) is 6.16. The van der Waals surface area contributed by atoms with Crippen LogP contribution in [0.3, 0.4) is 0 Å². The highest BCUT2D eigenvalue weighted by molar-refractivity contribution is 7.11. The van der Waals surface area contributed by atoms with Gasteiger partial charge in [0.2, 0.25) is 0 Å². The van der Waals surface area contributed by atoms with E-state index < -0.39 is 5.54 Å². The van der Waals surface area contributed by atoms with Gasteiger partial charge in [0, 0.05) is 40.7 Å². The van der Waals surface area contributed by atoms with Crippen molar-refractivity contribution >= 4 is 22.9 Å². The fourth-order valence-electron chi connectivity index (χ4n) is 3.58. The molecule has 0 bridgehead atoms. The molecule has 31 heavy (non-hydrogen) atoms. The van der Waals surface area contributed by atoms with Gasteiger partial charge in [0.1, 0.15) is 16.5 Å². The van der Waals surface area contributed by atoms with E-state index in [2.05, 4.69) is 29.2 Å². The SMILES string of the molecule is COc1cc(NC(=O)c2cnn(C(C)(C)CC(N)c3ncc(C)s3)c2C)cc(OC)c1. The summed E-state index contributed by atoms with van der Waals surface area (Å²) in [6, 6.07) is 5.01. The lowest BCUT2D eigenvalue weighted by molar-refractivity contribution is 0.102. The monoisotopic (exact) mass is 443 g/mol. The van der Waals surface area contributed by atoms with Gasteiger partial charge in [-0.15, -0.1) is 11.3 Å². The molecule has 0 saturated carbocycles. The highest BCUT2D eigenvalue weighted by Crippen LogP contribution is 2.31. The molecule has 2 aromatic heterocycles. The summed E-state index contributed by atoms with van der Waals surface area (Å²) in [5.74, 6) is 0.930. The summed E-state index contributed by atoms with van der Waals surface area (Å²) in [5.41, 5.74) is 7.84. The molecule has 0 aliphatic heterocycles. The van der Waals surface area contributed by atoms with Crippen LogP contribution in [0.25, 0.3) is 0 Å². The summed E-state index contributed by atoms with van der Waals surface area (Å²) >= 11 is 1.60. The Hall–Kier alpha value is -2.91. The Labute approximate surface area is 186 Å². The molecule has 9 heteroatoms. The molecule has 3 N–H and O–H groups in total. The van der Waals surface area contributed by atoms with Crippen molar-refractivity contribution in [2.24, 2.45) is 5.73 Å². The van der Waals surface area contributed by atoms with Crippen molar-refractivity contribution in [1.29, 1.82) is 0 Å². The van der Waals surface area contributed by atoms with E-state index in [0.717, 1.165) is 15.6 Å². The summed E-state index contributed by atoms with van der Waals surface area (Å²) in [5, 5.41) is 8.30. The number of hydrogen-bond donors (Lipinski definition) is 2. The summed E-state index contributed by atoms with van der Waals surface area (Å²) in [7, 11) is 3.13. The summed E-state index contributed by atoms with van der Waals surface area (Å²) < 4.78 is 12.4. The number of aryl methyl sites for hydroxylation is 1. The maximum atomic E-state index is 12.9. The normalized spacial score (nSPS) is 12.5. The van der Waals surface area contributed by atoms with Crippen molar-refractivity contribution in [3.05, 3.63) is 51.7 Å². The first-order chi connectivity index (χ1) is 14.6. The van der Waals surface area contributed by atoms with Gasteiger partial charge < -0.3 is 20.5 Å². The molecule has 8 nitrogen and oxygen atoms in total. The lowest BCUT2D eigenvalue weighted by Crippen LogP contribution is -2.33. The molecule has 1 atom stereocenters. The lowest BCUT2D eigenvalue weighted by atomic mass is 9.95. The number of ether oxygens (including phenoxy) is 2. The molecule has 0 aliphatic rings. The summed E-state index contributed by atoms with van der Waals surface area (Å²) in [4.78, 5) is 18.5. The molecule has 0 aliphatic carbocycles. The summed E-state index contributed by atoms with van der Waals surface area (Å²) in [6.07, 6.45) is 4.06. The van der Waals surface area contributed by atoms with Crippen LogP contribution in [0, 0.1) is 13.8 Å². The quantitative estimate of drug-likeness (QED) is 0.544. The predicted molar refractivity (Wildman–Crippen MR) is 122 cm³/mol. The van der Waals surface area contributed by atoms with Gasteiger partial charge in [-0.25, -0.2) is 4.98 Å². The number of nitrogens with one attached hydrogen (secondary N) is 1. The summed E-state index contributed by atoms with van der Waals surface area (Å²) in [6.45, 7) is 8.01. The number of nitrogens with zero attached hydrogens (tertiary/aromatic N) is 3. The fraction of sp³-hybridized carbons (Fsp3) is 0.409. The Morgan fingerprint density at radius 2 is 1.84 bits per heavy atom. The van der Waals surface area contributed by atoms with Crippen LogP contribution in [0.5, 0.6) is 11.5 Å². The van der Waals surface area contributed by atoms with Crippen molar-refractivity contribution in [2.75, 3.05) is 19.5 Å². The van der Waals surface area contributed by atoms with E-state index in [0.29, 0.717) is 29.2 Å². The lowest BCUT2D eigenvalue weighted by Gasteiger charge is -2.29. The first-order valence-corrected chi connectivity index (χ1v) is 10.7.